The van der Waals surface area contributed by atoms with E-state index in [1.807, 2.05) is 36.7 Å². The number of allylic oxidation sites excluding steroid dienone is 1. The lowest BCUT2D eigenvalue weighted by Gasteiger charge is -2.11. The van der Waals surface area contributed by atoms with Crippen molar-refractivity contribution in [1.29, 1.82) is 0 Å². The molecule has 6 nitrogen and oxygen atoms in total. The predicted octanol–water partition coefficient (Wildman–Crippen LogP) is 2.97. The number of oxazole rings is 1. The summed E-state index contributed by atoms with van der Waals surface area (Å²) in [7, 11) is 0. The van der Waals surface area contributed by atoms with E-state index in [1.165, 1.54) is 5.56 Å². The maximum absolute atomic E-state index is 11.3. The lowest BCUT2D eigenvalue weighted by atomic mass is 10.1. The Balaban J connectivity index is 1.66. The fraction of sp³-hybridized carbons (Fsp3) is 0.143. The van der Waals surface area contributed by atoms with Crippen LogP contribution in [0.25, 0.3) is 11.1 Å². The fourth-order valence-electron chi connectivity index (χ4n) is 3.24. The Morgan fingerprint density at radius 2 is 2.00 bits per heavy atom. The largest absolute Gasteiger partial charge is 0.417 e. The standard InChI is InChI=1S/C21H20N4O2/c1-14(22)9-19-17(10-15-5-3-2-4-6-15)23-13-25(19)12-16-7-8-20-18(11-16)24-21(26)27-20/h2-8,11,13H,1,9-10,12,22H2,(H,24,26). The molecule has 2 aromatic carbocycles. The van der Waals surface area contributed by atoms with E-state index >= 15 is 0 Å². The van der Waals surface area contributed by atoms with Crippen LogP contribution >= 0.6 is 0 Å². The highest BCUT2D eigenvalue weighted by atomic mass is 16.4. The van der Waals surface area contributed by atoms with E-state index in [4.69, 9.17) is 10.2 Å². The number of nitrogens with one attached hydrogen (secondary N) is 1. The first kappa shape index (κ1) is 16.9. The van der Waals surface area contributed by atoms with E-state index in [9.17, 15) is 4.79 Å². The molecule has 2 aromatic heterocycles. The quantitative estimate of drug-likeness (QED) is 0.553. The minimum absolute atomic E-state index is 0.449. The van der Waals surface area contributed by atoms with Gasteiger partial charge < -0.3 is 14.7 Å². The first-order valence-electron chi connectivity index (χ1n) is 8.70. The summed E-state index contributed by atoms with van der Waals surface area (Å²) in [6.07, 6.45) is 3.14. The van der Waals surface area contributed by atoms with Gasteiger partial charge in [-0.3, -0.25) is 4.98 Å². The minimum atomic E-state index is -0.449. The molecule has 0 aliphatic heterocycles. The zero-order chi connectivity index (χ0) is 18.8. The van der Waals surface area contributed by atoms with E-state index in [0.717, 1.165) is 23.4 Å². The van der Waals surface area contributed by atoms with Gasteiger partial charge in [0.25, 0.3) is 0 Å². The molecule has 0 unspecified atom stereocenters. The van der Waals surface area contributed by atoms with Crippen molar-refractivity contribution < 1.29 is 4.42 Å². The Hall–Kier alpha value is -3.54. The van der Waals surface area contributed by atoms with Gasteiger partial charge >= 0.3 is 5.76 Å². The minimum Gasteiger partial charge on any atom is -0.408 e. The number of H-pyrrole nitrogens is 1. The third-order valence-electron chi connectivity index (χ3n) is 4.48. The fourth-order valence-corrected chi connectivity index (χ4v) is 3.24. The summed E-state index contributed by atoms with van der Waals surface area (Å²) in [6.45, 7) is 4.47. The summed E-state index contributed by atoms with van der Waals surface area (Å²) in [5.41, 5.74) is 12.0. The van der Waals surface area contributed by atoms with Crippen molar-refractivity contribution in [3.05, 3.63) is 100 Å². The molecule has 0 saturated carbocycles. The van der Waals surface area contributed by atoms with Crippen molar-refractivity contribution in [2.45, 2.75) is 19.4 Å². The van der Waals surface area contributed by atoms with Crippen LogP contribution in [0.3, 0.4) is 0 Å². The molecule has 136 valence electrons. The van der Waals surface area contributed by atoms with E-state index in [2.05, 4.69) is 33.2 Å². The van der Waals surface area contributed by atoms with Crippen LogP contribution in [0.1, 0.15) is 22.5 Å². The summed E-state index contributed by atoms with van der Waals surface area (Å²) in [6, 6.07) is 15.9. The highest BCUT2D eigenvalue weighted by molar-refractivity contribution is 5.72. The molecule has 0 bridgehead atoms. The van der Waals surface area contributed by atoms with Gasteiger partial charge in [-0.2, -0.15) is 0 Å². The first-order chi connectivity index (χ1) is 13.1. The van der Waals surface area contributed by atoms with E-state index in [0.29, 0.717) is 29.8 Å². The van der Waals surface area contributed by atoms with E-state index < -0.39 is 5.76 Å². The highest BCUT2D eigenvalue weighted by Gasteiger charge is 2.13. The van der Waals surface area contributed by atoms with Crippen molar-refractivity contribution >= 4 is 11.1 Å². The number of nitrogens with two attached hydrogens (primary N) is 1. The van der Waals surface area contributed by atoms with E-state index in [-0.39, 0.29) is 0 Å². The zero-order valence-electron chi connectivity index (χ0n) is 14.8. The normalized spacial score (nSPS) is 11.1. The summed E-state index contributed by atoms with van der Waals surface area (Å²) in [5, 5.41) is 0. The molecular formula is C21H20N4O2. The number of hydrogen-bond acceptors (Lipinski definition) is 4. The Labute approximate surface area is 156 Å². The molecule has 0 spiro atoms. The van der Waals surface area contributed by atoms with Crippen LogP contribution in [0.5, 0.6) is 0 Å². The summed E-state index contributed by atoms with van der Waals surface area (Å²) in [5.74, 6) is -0.449. The van der Waals surface area contributed by atoms with Gasteiger partial charge in [0.05, 0.1) is 17.5 Å². The molecule has 3 N–H and O–H groups in total. The van der Waals surface area contributed by atoms with Crippen LogP contribution in [-0.4, -0.2) is 14.5 Å². The number of fused-ring (bicyclic) bond motifs is 1. The van der Waals surface area contributed by atoms with Crippen molar-refractivity contribution in [2.24, 2.45) is 5.73 Å². The van der Waals surface area contributed by atoms with Crippen LogP contribution in [0.15, 0.2) is 76.3 Å². The molecule has 0 atom stereocenters. The summed E-state index contributed by atoms with van der Waals surface area (Å²) >= 11 is 0. The van der Waals surface area contributed by atoms with Crippen LogP contribution < -0.4 is 11.5 Å². The maximum Gasteiger partial charge on any atom is 0.417 e. The smallest absolute Gasteiger partial charge is 0.408 e. The van der Waals surface area contributed by atoms with Gasteiger partial charge in [-0.05, 0) is 23.3 Å². The molecular weight excluding hydrogens is 340 g/mol. The topological polar surface area (TPSA) is 89.8 Å². The van der Waals surface area contributed by atoms with Crippen LogP contribution in [0, 0.1) is 0 Å². The third kappa shape index (κ3) is 3.69. The second-order valence-corrected chi connectivity index (χ2v) is 6.61. The number of aromatic amines is 1. The third-order valence-corrected chi connectivity index (χ3v) is 4.48. The maximum atomic E-state index is 11.3. The average Bonchev–Trinajstić information content (AvgIpc) is 3.18. The molecule has 0 aliphatic carbocycles. The van der Waals surface area contributed by atoms with Crippen LogP contribution in [0.2, 0.25) is 0 Å². The molecule has 4 aromatic rings. The Kier molecular flexibility index (Phi) is 4.38. The van der Waals surface area contributed by atoms with Crippen LogP contribution in [-0.2, 0) is 19.4 Å². The van der Waals surface area contributed by atoms with Gasteiger partial charge in [-0.15, -0.1) is 0 Å². The van der Waals surface area contributed by atoms with Crippen LogP contribution in [0.4, 0.5) is 0 Å². The summed E-state index contributed by atoms with van der Waals surface area (Å²) < 4.78 is 7.14. The van der Waals surface area contributed by atoms with Crippen molar-refractivity contribution in [1.82, 2.24) is 14.5 Å². The second kappa shape index (κ2) is 6.99. The SMILES string of the molecule is C=C(N)Cc1c(Cc2ccccc2)ncn1Cc1ccc2oc(=O)[nH]c2c1. The molecule has 0 radical (unpaired) electrons. The summed E-state index contributed by atoms with van der Waals surface area (Å²) in [4.78, 5) is 18.7. The van der Waals surface area contributed by atoms with Crippen molar-refractivity contribution in [3.8, 4) is 0 Å². The molecule has 2 heterocycles. The lowest BCUT2D eigenvalue weighted by molar-refractivity contribution is 0.555. The Morgan fingerprint density at radius 1 is 1.19 bits per heavy atom. The number of rotatable bonds is 6. The molecule has 4 rings (SSSR count). The number of benzene rings is 2. The number of hydrogen-bond donors (Lipinski definition) is 2. The first-order valence-corrected chi connectivity index (χ1v) is 8.70. The predicted molar refractivity (Wildman–Crippen MR) is 104 cm³/mol. The monoisotopic (exact) mass is 360 g/mol. The van der Waals surface area contributed by atoms with Gasteiger partial charge in [0, 0.05) is 30.8 Å². The number of nitrogens with zero attached hydrogens (tertiary/aromatic N) is 2. The molecule has 0 saturated heterocycles. The zero-order valence-corrected chi connectivity index (χ0v) is 14.8. The molecule has 0 fully saturated rings. The number of aromatic nitrogens is 3. The van der Waals surface area contributed by atoms with Crippen molar-refractivity contribution in [3.63, 3.8) is 0 Å². The Morgan fingerprint density at radius 3 is 2.78 bits per heavy atom. The van der Waals surface area contributed by atoms with Crippen molar-refractivity contribution in [2.75, 3.05) is 0 Å². The molecule has 0 aliphatic rings. The molecule has 6 heteroatoms. The Bertz CT molecular complexity index is 1150. The molecule has 27 heavy (non-hydrogen) atoms. The second-order valence-electron chi connectivity index (χ2n) is 6.61. The van der Waals surface area contributed by atoms with Gasteiger partial charge in [0.2, 0.25) is 0 Å². The van der Waals surface area contributed by atoms with Gasteiger partial charge in [0.15, 0.2) is 5.58 Å². The van der Waals surface area contributed by atoms with Gasteiger partial charge in [-0.1, -0.05) is 43.0 Å². The van der Waals surface area contributed by atoms with E-state index in [1.54, 1.807) is 6.07 Å². The average molecular weight is 360 g/mol. The van der Waals surface area contributed by atoms with Gasteiger partial charge in [0.1, 0.15) is 0 Å². The van der Waals surface area contributed by atoms with Gasteiger partial charge in [-0.25, -0.2) is 9.78 Å². The lowest BCUT2D eigenvalue weighted by Crippen LogP contribution is -2.09. The molecule has 0 amide bonds. The highest BCUT2D eigenvalue weighted by Crippen LogP contribution is 2.19. The number of imidazole rings is 1.